The highest BCUT2D eigenvalue weighted by atomic mass is 32.2. The van der Waals surface area contributed by atoms with Crippen LogP contribution >= 0.6 is 11.8 Å². The van der Waals surface area contributed by atoms with Gasteiger partial charge in [-0.1, -0.05) is 0 Å². The molecule has 2 rings (SSSR count). The van der Waals surface area contributed by atoms with E-state index in [-0.39, 0.29) is 12.6 Å². The van der Waals surface area contributed by atoms with E-state index in [4.69, 9.17) is 20.3 Å². The van der Waals surface area contributed by atoms with Crippen LogP contribution in [-0.4, -0.2) is 36.7 Å². The second kappa shape index (κ2) is 6.87. The molecule has 100 valence electrons. The number of nitrogens with two attached hydrogens (primary N) is 1. The zero-order valence-electron chi connectivity index (χ0n) is 10.3. The van der Waals surface area contributed by atoms with E-state index in [2.05, 4.69) is 0 Å². The van der Waals surface area contributed by atoms with Gasteiger partial charge in [0.2, 0.25) is 0 Å². The summed E-state index contributed by atoms with van der Waals surface area (Å²) in [7, 11) is 0. The molecule has 0 amide bonds. The van der Waals surface area contributed by atoms with E-state index in [1.807, 2.05) is 18.2 Å². The lowest BCUT2D eigenvalue weighted by Crippen LogP contribution is -2.24. The molecule has 1 heterocycles. The molecule has 18 heavy (non-hydrogen) atoms. The lowest BCUT2D eigenvalue weighted by atomic mass is 10.3. The second-order valence-electron chi connectivity index (χ2n) is 4.24. The fourth-order valence-electron chi connectivity index (χ4n) is 1.65. The first kappa shape index (κ1) is 13.5. The van der Waals surface area contributed by atoms with Gasteiger partial charge >= 0.3 is 0 Å². The predicted molar refractivity (Wildman–Crippen MR) is 72.5 cm³/mol. The number of fused-ring (bicyclic) bond motifs is 1. The summed E-state index contributed by atoms with van der Waals surface area (Å²) in [4.78, 5) is 1.14. The van der Waals surface area contributed by atoms with Crippen molar-refractivity contribution < 1.29 is 14.6 Å². The van der Waals surface area contributed by atoms with Gasteiger partial charge in [0.1, 0.15) is 0 Å². The quantitative estimate of drug-likeness (QED) is 0.796. The van der Waals surface area contributed by atoms with E-state index < -0.39 is 0 Å². The van der Waals surface area contributed by atoms with E-state index in [0.29, 0.717) is 13.2 Å². The van der Waals surface area contributed by atoms with Crippen molar-refractivity contribution in [1.82, 2.24) is 0 Å². The van der Waals surface area contributed by atoms with Crippen molar-refractivity contribution in [2.24, 2.45) is 5.73 Å². The number of aliphatic hydroxyl groups is 1. The first-order valence-electron chi connectivity index (χ1n) is 6.18. The number of hydrogen-bond acceptors (Lipinski definition) is 5. The van der Waals surface area contributed by atoms with Gasteiger partial charge in [0.15, 0.2) is 11.5 Å². The topological polar surface area (TPSA) is 64.7 Å². The van der Waals surface area contributed by atoms with Crippen molar-refractivity contribution in [2.75, 3.05) is 25.6 Å². The Hall–Kier alpha value is -0.910. The maximum absolute atomic E-state index is 8.85. The molecule has 1 aliphatic heterocycles. The van der Waals surface area contributed by atoms with Crippen molar-refractivity contribution in [3.8, 4) is 11.5 Å². The highest BCUT2D eigenvalue weighted by Crippen LogP contribution is 2.34. The van der Waals surface area contributed by atoms with Crippen molar-refractivity contribution in [2.45, 2.75) is 23.8 Å². The van der Waals surface area contributed by atoms with Crippen LogP contribution in [0.25, 0.3) is 0 Å². The highest BCUT2D eigenvalue weighted by molar-refractivity contribution is 7.99. The summed E-state index contributed by atoms with van der Waals surface area (Å²) in [6, 6.07) is 5.87. The summed E-state index contributed by atoms with van der Waals surface area (Å²) < 4.78 is 11.2. The zero-order chi connectivity index (χ0) is 12.8. The molecule has 3 N–H and O–H groups in total. The molecule has 1 aromatic rings. The molecule has 0 radical (unpaired) electrons. The van der Waals surface area contributed by atoms with Crippen molar-refractivity contribution >= 4 is 11.8 Å². The molecule has 0 fully saturated rings. The molecule has 5 heteroatoms. The van der Waals surface area contributed by atoms with Gasteiger partial charge in [-0.25, -0.2) is 0 Å². The maximum atomic E-state index is 8.85. The number of hydrogen-bond donors (Lipinski definition) is 2. The van der Waals surface area contributed by atoms with Gasteiger partial charge < -0.3 is 20.3 Å². The standard InChI is InChI=1S/C13H19NO3S/c14-10(9-15)4-7-18-11-2-3-12-13(8-11)17-6-1-5-16-12/h2-3,8,10,15H,1,4-7,9,14H2. The van der Waals surface area contributed by atoms with Gasteiger partial charge in [0.05, 0.1) is 19.8 Å². The molecule has 1 aliphatic rings. The molecule has 0 saturated heterocycles. The summed E-state index contributed by atoms with van der Waals surface area (Å²) in [5, 5.41) is 8.85. The Kier molecular flexibility index (Phi) is 5.16. The predicted octanol–water partition coefficient (Wildman–Crippen LogP) is 1.65. The van der Waals surface area contributed by atoms with Gasteiger partial charge in [0.25, 0.3) is 0 Å². The van der Waals surface area contributed by atoms with Crippen LogP contribution in [0.4, 0.5) is 0 Å². The Balaban J connectivity index is 1.91. The zero-order valence-corrected chi connectivity index (χ0v) is 11.1. The lowest BCUT2D eigenvalue weighted by molar-refractivity contribution is 0.264. The molecule has 0 spiro atoms. The van der Waals surface area contributed by atoms with Crippen LogP contribution in [-0.2, 0) is 0 Å². The average Bonchev–Trinajstić information content (AvgIpc) is 2.63. The van der Waals surface area contributed by atoms with Crippen LogP contribution in [0.15, 0.2) is 23.1 Å². The minimum Gasteiger partial charge on any atom is -0.490 e. The number of thioether (sulfide) groups is 1. The third kappa shape index (κ3) is 3.80. The number of benzene rings is 1. The third-order valence-electron chi connectivity index (χ3n) is 2.71. The molecule has 0 aromatic heterocycles. The minimum atomic E-state index is -0.127. The third-order valence-corrected chi connectivity index (χ3v) is 3.74. The largest absolute Gasteiger partial charge is 0.490 e. The Labute approximate surface area is 111 Å². The first-order valence-corrected chi connectivity index (χ1v) is 7.17. The Morgan fingerprint density at radius 1 is 1.28 bits per heavy atom. The Morgan fingerprint density at radius 2 is 2.06 bits per heavy atom. The van der Waals surface area contributed by atoms with Crippen molar-refractivity contribution in [3.63, 3.8) is 0 Å². The molecule has 0 bridgehead atoms. The van der Waals surface area contributed by atoms with E-state index in [1.165, 1.54) is 0 Å². The lowest BCUT2D eigenvalue weighted by Gasteiger charge is -2.10. The van der Waals surface area contributed by atoms with Gasteiger partial charge in [-0.2, -0.15) is 0 Å². The molecule has 1 atom stereocenters. The molecule has 0 aliphatic carbocycles. The smallest absolute Gasteiger partial charge is 0.162 e. The molecule has 0 saturated carbocycles. The fraction of sp³-hybridized carbons (Fsp3) is 0.538. The van der Waals surface area contributed by atoms with Crippen LogP contribution in [0.2, 0.25) is 0 Å². The Bertz CT molecular complexity index is 386. The van der Waals surface area contributed by atoms with E-state index >= 15 is 0 Å². The average molecular weight is 269 g/mol. The monoisotopic (exact) mass is 269 g/mol. The van der Waals surface area contributed by atoms with Gasteiger partial charge in [-0.3, -0.25) is 0 Å². The molecule has 4 nitrogen and oxygen atoms in total. The maximum Gasteiger partial charge on any atom is 0.162 e. The molecule has 1 aromatic carbocycles. The fourth-order valence-corrected chi connectivity index (χ4v) is 2.66. The van der Waals surface area contributed by atoms with Gasteiger partial charge in [0, 0.05) is 17.4 Å². The summed E-state index contributed by atoms with van der Waals surface area (Å²) in [6.07, 6.45) is 1.72. The number of aliphatic hydroxyl groups excluding tert-OH is 1. The van der Waals surface area contributed by atoms with Crippen LogP contribution in [0.3, 0.4) is 0 Å². The summed E-state index contributed by atoms with van der Waals surface area (Å²) in [5.74, 6) is 2.54. The molecular weight excluding hydrogens is 250 g/mol. The van der Waals surface area contributed by atoms with Crippen molar-refractivity contribution in [1.29, 1.82) is 0 Å². The Morgan fingerprint density at radius 3 is 2.83 bits per heavy atom. The van der Waals surface area contributed by atoms with Crippen LogP contribution in [0, 0.1) is 0 Å². The SMILES string of the molecule is NC(CO)CCSc1ccc2c(c1)OCCCO2. The minimum absolute atomic E-state index is 0.0434. The number of rotatable bonds is 5. The van der Waals surface area contributed by atoms with Crippen LogP contribution < -0.4 is 15.2 Å². The van der Waals surface area contributed by atoms with Crippen LogP contribution in [0.1, 0.15) is 12.8 Å². The van der Waals surface area contributed by atoms with Crippen LogP contribution in [0.5, 0.6) is 11.5 Å². The van der Waals surface area contributed by atoms with Gasteiger partial charge in [-0.15, -0.1) is 11.8 Å². The second-order valence-corrected chi connectivity index (χ2v) is 5.41. The first-order chi connectivity index (χ1) is 8.79. The summed E-state index contributed by atoms with van der Waals surface area (Å²) >= 11 is 1.72. The van der Waals surface area contributed by atoms with E-state index in [9.17, 15) is 0 Å². The summed E-state index contributed by atoms with van der Waals surface area (Å²) in [6.45, 7) is 1.46. The highest BCUT2D eigenvalue weighted by Gasteiger charge is 2.11. The van der Waals surface area contributed by atoms with Crippen molar-refractivity contribution in [3.05, 3.63) is 18.2 Å². The normalized spacial score (nSPS) is 16.1. The molecule has 1 unspecified atom stereocenters. The van der Waals surface area contributed by atoms with Gasteiger partial charge in [-0.05, 0) is 30.4 Å². The number of ether oxygens (including phenoxy) is 2. The summed E-state index contributed by atoms with van der Waals surface area (Å²) in [5.41, 5.74) is 5.66. The van der Waals surface area contributed by atoms with E-state index in [1.54, 1.807) is 11.8 Å². The van der Waals surface area contributed by atoms with E-state index in [0.717, 1.165) is 35.0 Å². The molecular formula is C13H19NO3S.